The average Bonchev–Trinajstić information content (AvgIpc) is 2.86. The Labute approximate surface area is 108 Å². The van der Waals surface area contributed by atoms with Gasteiger partial charge in [-0.3, -0.25) is 0 Å². The molecular weight excluding hydrogens is 224 g/mol. The molecule has 2 aromatic rings. The van der Waals surface area contributed by atoms with Crippen LogP contribution in [0.25, 0.3) is 11.3 Å². The molecule has 2 rings (SSSR count). The van der Waals surface area contributed by atoms with Gasteiger partial charge in [0.05, 0.1) is 12.2 Å². The number of aryl methyl sites for hydroxylation is 1. The molecule has 0 radical (unpaired) electrons. The van der Waals surface area contributed by atoms with Crippen LogP contribution < -0.4 is 5.32 Å². The summed E-state index contributed by atoms with van der Waals surface area (Å²) < 4.78 is 5.79. The van der Waals surface area contributed by atoms with E-state index in [2.05, 4.69) is 55.3 Å². The SMILES string of the molecule is CCCNC(C)c1ncc(-c2ccc(C)cc2)o1. The van der Waals surface area contributed by atoms with Crippen molar-refractivity contribution in [2.75, 3.05) is 6.54 Å². The largest absolute Gasteiger partial charge is 0.439 e. The highest BCUT2D eigenvalue weighted by atomic mass is 16.4. The van der Waals surface area contributed by atoms with Gasteiger partial charge in [0.25, 0.3) is 0 Å². The molecule has 3 heteroatoms. The van der Waals surface area contributed by atoms with Crippen LogP contribution in [-0.4, -0.2) is 11.5 Å². The molecule has 0 saturated heterocycles. The second kappa shape index (κ2) is 5.83. The molecule has 0 fully saturated rings. The van der Waals surface area contributed by atoms with Crippen LogP contribution >= 0.6 is 0 Å². The summed E-state index contributed by atoms with van der Waals surface area (Å²) >= 11 is 0. The monoisotopic (exact) mass is 244 g/mol. The molecule has 1 aromatic carbocycles. The molecule has 0 aliphatic rings. The lowest BCUT2D eigenvalue weighted by atomic mass is 10.1. The number of hydrogen-bond acceptors (Lipinski definition) is 3. The van der Waals surface area contributed by atoms with Crippen molar-refractivity contribution in [3.05, 3.63) is 41.9 Å². The van der Waals surface area contributed by atoms with Crippen molar-refractivity contribution in [1.82, 2.24) is 10.3 Å². The van der Waals surface area contributed by atoms with Crippen LogP contribution in [0, 0.1) is 6.92 Å². The van der Waals surface area contributed by atoms with E-state index in [1.807, 2.05) is 0 Å². The normalized spacial score (nSPS) is 12.6. The van der Waals surface area contributed by atoms with Gasteiger partial charge < -0.3 is 9.73 Å². The first-order valence-electron chi connectivity index (χ1n) is 6.47. The fourth-order valence-electron chi connectivity index (χ4n) is 1.79. The summed E-state index contributed by atoms with van der Waals surface area (Å²) in [4.78, 5) is 4.34. The molecule has 0 aliphatic heterocycles. The lowest BCUT2D eigenvalue weighted by Gasteiger charge is -2.08. The zero-order valence-electron chi connectivity index (χ0n) is 11.2. The standard InChI is InChI=1S/C15H20N2O/c1-4-9-16-12(3)15-17-10-14(18-15)13-7-5-11(2)6-8-13/h5-8,10,12,16H,4,9H2,1-3H3. The quantitative estimate of drug-likeness (QED) is 0.871. The molecule has 1 unspecified atom stereocenters. The van der Waals surface area contributed by atoms with Gasteiger partial charge in [-0.25, -0.2) is 4.98 Å². The minimum absolute atomic E-state index is 0.157. The first-order chi connectivity index (χ1) is 8.70. The molecule has 18 heavy (non-hydrogen) atoms. The number of rotatable bonds is 5. The fourth-order valence-corrected chi connectivity index (χ4v) is 1.79. The summed E-state index contributed by atoms with van der Waals surface area (Å²) in [6.07, 6.45) is 2.90. The van der Waals surface area contributed by atoms with E-state index in [9.17, 15) is 0 Å². The van der Waals surface area contributed by atoms with Gasteiger partial charge in [-0.1, -0.05) is 36.8 Å². The molecule has 1 atom stereocenters. The highest BCUT2D eigenvalue weighted by Gasteiger charge is 2.12. The third-order valence-corrected chi connectivity index (χ3v) is 2.93. The van der Waals surface area contributed by atoms with Crippen LogP contribution in [0.15, 0.2) is 34.9 Å². The fraction of sp³-hybridized carbons (Fsp3) is 0.400. The second-order valence-corrected chi connectivity index (χ2v) is 4.60. The Kier molecular flexibility index (Phi) is 4.15. The number of benzene rings is 1. The summed E-state index contributed by atoms with van der Waals surface area (Å²) in [5.41, 5.74) is 2.32. The first-order valence-corrected chi connectivity index (χ1v) is 6.47. The van der Waals surface area contributed by atoms with Crippen LogP contribution in [0.4, 0.5) is 0 Å². The van der Waals surface area contributed by atoms with Gasteiger partial charge in [-0.15, -0.1) is 0 Å². The molecule has 0 aliphatic carbocycles. The minimum atomic E-state index is 0.157. The number of aromatic nitrogens is 1. The van der Waals surface area contributed by atoms with Gasteiger partial charge in [-0.2, -0.15) is 0 Å². The predicted octanol–water partition coefficient (Wildman–Crippen LogP) is 3.71. The molecule has 1 heterocycles. The molecule has 0 spiro atoms. The van der Waals surface area contributed by atoms with Crippen molar-refractivity contribution in [2.45, 2.75) is 33.2 Å². The van der Waals surface area contributed by atoms with E-state index in [4.69, 9.17) is 4.42 Å². The second-order valence-electron chi connectivity index (χ2n) is 4.60. The van der Waals surface area contributed by atoms with Gasteiger partial charge in [0.2, 0.25) is 5.89 Å². The van der Waals surface area contributed by atoms with E-state index in [0.29, 0.717) is 0 Å². The van der Waals surface area contributed by atoms with Gasteiger partial charge in [0, 0.05) is 5.56 Å². The number of hydrogen-bond donors (Lipinski definition) is 1. The number of nitrogens with zero attached hydrogens (tertiary/aromatic N) is 1. The van der Waals surface area contributed by atoms with E-state index in [-0.39, 0.29) is 6.04 Å². The zero-order chi connectivity index (χ0) is 13.0. The third-order valence-electron chi connectivity index (χ3n) is 2.93. The maximum absolute atomic E-state index is 5.79. The van der Waals surface area contributed by atoms with Gasteiger partial charge >= 0.3 is 0 Å². The molecule has 3 nitrogen and oxygen atoms in total. The van der Waals surface area contributed by atoms with Crippen LogP contribution in [0.5, 0.6) is 0 Å². The maximum atomic E-state index is 5.79. The van der Waals surface area contributed by atoms with Crippen LogP contribution in [0.1, 0.15) is 37.8 Å². The molecule has 0 bridgehead atoms. The molecule has 0 amide bonds. The Bertz CT molecular complexity index is 487. The van der Waals surface area contributed by atoms with Crippen molar-refractivity contribution in [2.24, 2.45) is 0 Å². The van der Waals surface area contributed by atoms with Crippen LogP contribution in [-0.2, 0) is 0 Å². The molecule has 96 valence electrons. The molecule has 0 saturated carbocycles. The molecule has 1 N–H and O–H groups in total. The average molecular weight is 244 g/mol. The van der Waals surface area contributed by atoms with Gasteiger partial charge in [0.15, 0.2) is 5.76 Å². The predicted molar refractivity (Wildman–Crippen MR) is 73.4 cm³/mol. The molecule has 1 aromatic heterocycles. The summed E-state index contributed by atoms with van der Waals surface area (Å²) in [7, 11) is 0. The Morgan fingerprint density at radius 1 is 1.28 bits per heavy atom. The highest BCUT2D eigenvalue weighted by molar-refractivity contribution is 5.56. The van der Waals surface area contributed by atoms with Crippen LogP contribution in [0.2, 0.25) is 0 Å². The lowest BCUT2D eigenvalue weighted by Crippen LogP contribution is -2.19. The third kappa shape index (κ3) is 2.99. The minimum Gasteiger partial charge on any atom is -0.439 e. The van der Waals surface area contributed by atoms with Crippen molar-refractivity contribution >= 4 is 0 Å². The Morgan fingerprint density at radius 2 is 2.00 bits per heavy atom. The van der Waals surface area contributed by atoms with Crippen molar-refractivity contribution in [3.8, 4) is 11.3 Å². The number of nitrogens with one attached hydrogen (secondary N) is 1. The molecular formula is C15H20N2O. The van der Waals surface area contributed by atoms with E-state index in [0.717, 1.165) is 30.2 Å². The topological polar surface area (TPSA) is 38.1 Å². The summed E-state index contributed by atoms with van der Waals surface area (Å²) in [6, 6.07) is 8.43. The van der Waals surface area contributed by atoms with E-state index in [1.54, 1.807) is 6.20 Å². The summed E-state index contributed by atoms with van der Waals surface area (Å²) in [5, 5.41) is 3.37. The van der Waals surface area contributed by atoms with Crippen LogP contribution in [0.3, 0.4) is 0 Å². The Hall–Kier alpha value is -1.61. The highest BCUT2D eigenvalue weighted by Crippen LogP contribution is 2.23. The summed E-state index contributed by atoms with van der Waals surface area (Å²) in [6.45, 7) is 7.27. The summed E-state index contributed by atoms with van der Waals surface area (Å²) in [5.74, 6) is 1.58. The lowest BCUT2D eigenvalue weighted by molar-refractivity contribution is 0.423. The van der Waals surface area contributed by atoms with E-state index in [1.165, 1.54) is 5.56 Å². The van der Waals surface area contributed by atoms with Gasteiger partial charge in [0.1, 0.15) is 0 Å². The smallest absolute Gasteiger partial charge is 0.211 e. The zero-order valence-corrected chi connectivity index (χ0v) is 11.2. The number of oxazole rings is 1. The van der Waals surface area contributed by atoms with E-state index < -0.39 is 0 Å². The maximum Gasteiger partial charge on any atom is 0.211 e. The van der Waals surface area contributed by atoms with Crippen molar-refractivity contribution in [1.29, 1.82) is 0 Å². The first kappa shape index (κ1) is 12.8. The van der Waals surface area contributed by atoms with Crippen molar-refractivity contribution < 1.29 is 4.42 Å². The van der Waals surface area contributed by atoms with Gasteiger partial charge in [-0.05, 0) is 26.8 Å². The van der Waals surface area contributed by atoms with E-state index >= 15 is 0 Å². The van der Waals surface area contributed by atoms with Crippen molar-refractivity contribution in [3.63, 3.8) is 0 Å². The Morgan fingerprint density at radius 3 is 2.67 bits per heavy atom. The Balaban J connectivity index is 2.12.